The number of nitrogens with two attached hydrogens (primary N) is 1. The van der Waals surface area contributed by atoms with Gasteiger partial charge in [0.2, 0.25) is 0 Å². The number of thiazole rings is 1. The maximum Gasteiger partial charge on any atom is 0.181 e. The topological polar surface area (TPSA) is 68.4 Å². The average molecular weight is 210 g/mol. The molecule has 0 aliphatic heterocycles. The third-order valence-electron chi connectivity index (χ3n) is 1.75. The van der Waals surface area contributed by atoms with Gasteiger partial charge in [-0.15, -0.1) is 0 Å². The number of benzene rings is 1. The summed E-state index contributed by atoms with van der Waals surface area (Å²) in [5.74, 6) is 0.671. The van der Waals surface area contributed by atoms with Gasteiger partial charge in [0.15, 0.2) is 5.13 Å². The van der Waals surface area contributed by atoms with Gasteiger partial charge in [-0.2, -0.15) is 0 Å². The lowest BCUT2D eigenvalue weighted by Crippen LogP contribution is -2.01. The van der Waals surface area contributed by atoms with Gasteiger partial charge in [0, 0.05) is 0 Å². The second-order valence-electron chi connectivity index (χ2n) is 2.73. The van der Waals surface area contributed by atoms with Crippen molar-refractivity contribution in [2.24, 2.45) is 0 Å². The van der Waals surface area contributed by atoms with E-state index in [0.29, 0.717) is 10.9 Å². The molecule has 0 aliphatic carbocycles. The van der Waals surface area contributed by atoms with E-state index in [1.54, 1.807) is 0 Å². The van der Waals surface area contributed by atoms with Crippen LogP contribution in [0.15, 0.2) is 18.2 Å². The molecular formula is C9H10N2O2S. The van der Waals surface area contributed by atoms with Gasteiger partial charge < -0.3 is 15.6 Å². The highest BCUT2D eigenvalue weighted by molar-refractivity contribution is 7.22. The molecule has 0 atom stereocenters. The Kier molecular flexibility index (Phi) is 2.51. The van der Waals surface area contributed by atoms with Crippen molar-refractivity contribution in [3.63, 3.8) is 0 Å². The van der Waals surface area contributed by atoms with Crippen LogP contribution in [0.5, 0.6) is 5.75 Å². The summed E-state index contributed by atoms with van der Waals surface area (Å²) in [7, 11) is 0. The molecule has 0 radical (unpaired) electrons. The summed E-state index contributed by atoms with van der Waals surface area (Å²) in [5, 5.41) is 9.17. The zero-order valence-corrected chi connectivity index (χ0v) is 8.25. The first-order chi connectivity index (χ1) is 6.81. The Labute approximate surface area is 85.0 Å². The number of nitrogen functional groups attached to an aromatic ring is 1. The highest BCUT2D eigenvalue weighted by Gasteiger charge is 2.06. The van der Waals surface area contributed by atoms with Crippen molar-refractivity contribution in [3.05, 3.63) is 18.2 Å². The van der Waals surface area contributed by atoms with Gasteiger partial charge in [0.1, 0.15) is 17.9 Å². The minimum Gasteiger partial charge on any atom is -0.489 e. The van der Waals surface area contributed by atoms with Crippen LogP contribution in [0.2, 0.25) is 0 Å². The fourth-order valence-corrected chi connectivity index (χ4v) is 1.96. The molecule has 3 N–H and O–H groups in total. The molecule has 0 amide bonds. The van der Waals surface area contributed by atoms with Crippen LogP contribution >= 0.6 is 11.3 Å². The average Bonchev–Trinajstić information content (AvgIpc) is 2.55. The van der Waals surface area contributed by atoms with Crippen molar-refractivity contribution in [1.82, 2.24) is 4.98 Å². The third-order valence-corrected chi connectivity index (χ3v) is 2.60. The Morgan fingerprint density at radius 2 is 2.36 bits per heavy atom. The Morgan fingerprint density at radius 1 is 1.50 bits per heavy atom. The number of aromatic nitrogens is 1. The van der Waals surface area contributed by atoms with Crippen molar-refractivity contribution in [2.45, 2.75) is 0 Å². The molecule has 14 heavy (non-hydrogen) atoms. The normalized spacial score (nSPS) is 10.6. The molecule has 1 aromatic carbocycles. The van der Waals surface area contributed by atoms with Crippen LogP contribution in [0, 0.1) is 0 Å². The van der Waals surface area contributed by atoms with E-state index < -0.39 is 0 Å². The van der Waals surface area contributed by atoms with E-state index in [2.05, 4.69) is 4.98 Å². The summed E-state index contributed by atoms with van der Waals surface area (Å²) >= 11 is 1.42. The van der Waals surface area contributed by atoms with E-state index >= 15 is 0 Å². The van der Waals surface area contributed by atoms with Crippen LogP contribution < -0.4 is 10.5 Å². The zero-order valence-electron chi connectivity index (χ0n) is 7.43. The molecular weight excluding hydrogens is 200 g/mol. The number of aliphatic hydroxyl groups excluding tert-OH is 1. The number of aliphatic hydroxyl groups is 1. The van der Waals surface area contributed by atoms with E-state index in [4.69, 9.17) is 15.6 Å². The monoisotopic (exact) mass is 210 g/mol. The number of para-hydroxylation sites is 1. The van der Waals surface area contributed by atoms with Crippen LogP contribution in [0.1, 0.15) is 0 Å². The highest BCUT2D eigenvalue weighted by Crippen LogP contribution is 2.30. The minimum atomic E-state index is -0.00396. The SMILES string of the molecule is Nc1nc2c(OCCO)cccc2s1. The lowest BCUT2D eigenvalue weighted by Gasteiger charge is -2.03. The number of anilines is 1. The van der Waals surface area contributed by atoms with Gasteiger partial charge >= 0.3 is 0 Å². The van der Waals surface area contributed by atoms with Crippen molar-refractivity contribution < 1.29 is 9.84 Å². The zero-order chi connectivity index (χ0) is 9.97. The number of nitrogens with zero attached hydrogens (tertiary/aromatic N) is 1. The molecule has 0 spiro atoms. The predicted octanol–water partition coefficient (Wildman–Crippen LogP) is 1.25. The Bertz CT molecular complexity index is 441. The quantitative estimate of drug-likeness (QED) is 0.800. The van der Waals surface area contributed by atoms with Crippen molar-refractivity contribution >= 4 is 26.7 Å². The van der Waals surface area contributed by atoms with Crippen LogP contribution in [0.25, 0.3) is 10.2 Å². The van der Waals surface area contributed by atoms with E-state index in [-0.39, 0.29) is 13.2 Å². The Morgan fingerprint density at radius 3 is 3.14 bits per heavy atom. The van der Waals surface area contributed by atoms with Crippen molar-refractivity contribution in [2.75, 3.05) is 18.9 Å². The van der Waals surface area contributed by atoms with E-state index in [9.17, 15) is 0 Å². The predicted molar refractivity (Wildman–Crippen MR) is 56.6 cm³/mol. The summed E-state index contributed by atoms with van der Waals surface area (Å²) in [6, 6.07) is 5.64. The molecule has 0 aliphatic rings. The van der Waals surface area contributed by atoms with Gasteiger partial charge in [0.25, 0.3) is 0 Å². The van der Waals surface area contributed by atoms with Gasteiger partial charge in [-0.25, -0.2) is 4.98 Å². The second-order valence-corrected chi connectivity index (χ2v) is 3.79. The third kappa shape index (κ3) is 1.64. The number of hydrogen-bond donors (Lipinski definition) is 2. The number of fused-ring (bicyclic) bond motifs is 1. The molecule has 0 bridgehead atoms. The molecule has 4 nitrogen and oxygen atoms in total. The molecule has 0 saturated carbocycles. The first-order valence-electron chi connectivity index (χ1n) is 4.20. The summed E-state index contributed by atoms with van der Waals surface area (Å²) in [6.45, 7) is 0.270. The van der Waals surface area contributed by atoms with Crippen molar-refractivity contribution in [3.8, 4) is 5.75 Å². The van der Waals surface area contributed by atoms with Gasteiger partial charge in [-0.3, -0.25) is 0 Å². The molecule has 74 valence electrons. The molecule has 0 unspecified atom stereocenters. The number of ether oxygens (including phenoxy) is 1. The minimum absolute atomic E-state index is 0.00396. The number of rotatable bonds is 3. The van der Waals surface area contributed by atoms with Crippen LogP contribution in [0.3, 0.4) is 0 Å². The maximum absolute atomic E-state index is 8.64. The Hall–Kier alpha value is -1.33. The summed E-state index contributed by atoms with van der Waals surface area (Å²) in [4.78, 5) is 4.16. The lowest BCUT2D eigenvalue weighted by atomic mass is 10.3. The standard InChI is InChI=1S/C9H10N2O2S/c10-9-11-8-6(13-5-4-12)2-1-3-7(8)14-9/h1-3,12H,4-5H2,(H2,10,11). The first-order valence-corrected chi connectivity index (χ1v) is 5.01. The largest absolute Gasteiger partial charge is 0.489 e. The van der Waals surface area contributed by atoms with E-state index in [0.717, 1.165) is 10.2 Å². The molecule has 0 saturated heterocycles. The highest BCUT2D eigenvalue weighted by atomic mass is 32.1. The molecule has 2 rings (SSSR count). The Balaban J connectivity index is 2.42. The van der Waals surface area contributed by atoms with E-state index in [1.165, 1.54) is 11.3 Å². The molecule has 0 fully saturated rings. The fourth-order valence-electron chi connectivity index (χ4n) is 1.21. The number of hydrogen-bond acceptors (Lipinski definition) is 5. The maximum atomic E-state index is 8.64. The molecule has 1 aromatic heterocycles. The second kappa shape index (κ2) is 3.81. The summed E-state index contributed by atoms with van der Waals surface area (Å²) in [6.07, 6.45) is 0. The first kappa shape index (κ1) is 9.23. The van der Waals surface area contributed by atoms with Crippen LogP contribution in [-0.2, 0) is 0 Å². The fraction of sp³-hybridized carbons (Fsp3) is 0.222. The molecule has 1 heterocycles. The van der Waals surface area contributed by atoms with Crippen LogP contribution in [-0.4, -0.2) is 23.3 Å². The lowest BCUT2D eigenvalue weighted by molar-refractivity contribution is 0.202. The van der Waals surface area contributed by atoms with Crippen molar-refractivity contribution in [1.29, 1.82) is 0 Å². The van der Waals surface area contributed by atoms with Crippen LogP contribution in [0.4, 0.5) is 5.13 Å². The smallest absolute Gasteiger partial charge is 0.181 e. The molecule has 2 aromatic rings. The summed E-state index contributed by atoms with van der Waals surface area (Å²) in [5.41, 5.74) is 6.36. The summed E-state index contributed by atoms with van der Waals surface area (Å²) < 4.78 is 6.32. The molecule has 5 heteroatoms. The van der Waals surface area contributed by atoms with Gasteiger partial charge in [-0.05, 0) is 12.1 Å². The van der Waals surface area contributed by atoms with Gasteiger partial charge in [-0.1, -0.05) is 17.4 Å². The van der Waals surface area contributed by atoms with E-state index in [1.807, 2.05) is 18.2 Å². The van der Waals surface area contributed by atoms with Gasteiger partial charge in [0.05, 0.1) is 11.3 Å².